The molecule has 0 spiro atoms. The van der Waals surface area contributed by atoms with Crippen LogP contribution in [0.5, 0.6) is 0 Å². The molecule has 0 N–H and O–H groups in total. The molecule has 10 aromatic rings. The summed E-state index contributed by atoms with van der Waals surface area (Å²) in [5.41, 5.74) is 11.4. The van der Waals surface area contributed by atoms with E-state index in [2.05, 4.69) is 158 Å². The van der Waals surface area contributed by atoms with E-state index in [9.17, 15) is 0 Å². The van der Waals surface area contributed by atoms with E-state index in [0.717, 1.165) is 21.8 Å². The van der Waals surface area contributed by atoms with Crippen molar-refractivity contribution >= 4 is 64.1 Å². The minimum atomic E-state index is 0.921. The second-order valence-corrected chi connectivity index (χ2v) is 13.6. The third kappa shape index (κ3) is 4.55. The molecule has 0 aliphatic carbocycles. The van der Waals surface area contributed by atoms with Crippen molar-refractivity contribution in [3.05, 3.63) is 170 Å². The highest BCUT2D eigenvalue weighted by atomic mass is 32.1. The molecule has 0 unspecified atom stereocenters. The molecule has 0 saturated heterocycles. The summed E-state index contributed by atoms with van der Waals surface area (Å²) in [4.78, 5) is 9.82. The maximum absolute atomic E-state index is 4.94. The second kappa shape index (κ2) is 11.2. The molecule has 0 atom stereocenters. The third-order valence-corrected chi connectivity index (χ3v) is 11.0. The molecule has 0 aliphatic rings. The van der Waals surface area contributed by atoms with E-state index in [0.29, 0.717) is 0 Å². The summed E-state index contributed by atoms with van der Waals surface area (Å²) in [6, 6.07) is 57.3. The smallest absolute Gasteiger partial charge is 0.0971 e. The van der Waals surface area contributed by atoms with E-state index in [1.807, 2.05) is 17.5 Å². The Morgan fingerprint density at radius 3 is 1.73 bits per heavy atom. The first-order valence-corrected chi connectivity index (χ1v) is 17.4. The Bertz CT molecular complexity index is 2870. The Morgan fingerprint density at radius 1 is 0.327 bits per heavy atom. The number of thiophene rings is 1. The first kappa shape index (κ1) is 27.9. The Labute approximate surface area is 287 Å². The first-order valence-electron chi connectivity index (χ1n) is 16.6. The fourth-order valence-corrected chi connectivity index (χ4v) is 8.70. The minimum absolute atomic E-state index is 0.921. The van der Waals surface area contributed by atoms with Gasteiger partial charge >= 0.3 is 0 Å². The average Bonchev–Trinajstić information content (AvgIpc) is 3.57. The third-order valence-electron chi connectivity index (χ3n) is 9.76. The summed E-state index contributed by atoms with van der Waals surface area (Å²) >= 11 is 1.87. The number of rotatable bonds is 4. The van der Waals surface area contributed by atoms with Crippen LogP contribution in [0, 0.1) is 0 Å². The monoisotopic (exact) mass is 640 g/mol. The van der Waals surface area contributed by atoms with Crippen molar-refractivity contribution in [2.75, 3.05) is 0 Å². The SMILES string of the molecule is c1ccc(-c2ccc3c(c2)c2cc(-c4ccccc4)c(-c4cccc(-c5cccc6c5sc5ccccc56)c4)cc2c2nccnc32)cc1. The highest BCUT2D eigenvalue weighted by Gasteiger charge is 2.18. The van der Waals surface area contributed by atoms with Crippen molar-refractivity contribution in [2.24, 2.45) is 0 Å². The lowest BCUT2D eigenvalue weighted by Crippen LogP contribution is -1.93. The topological polar surface area (TPSA) is 25.8 Å². The van der Waals surface area contributed by atoms with Crippen molar-refractivity contribution in [1.29, 1.82) is 0 Å². The van der Waals surface area contributed by atoms with Crippen LogP contribution in [0.2, 0.25) is 0 Å². The molecule has 2 aromatic heterocycles. The molecule has 2 heterocycles. The van der Waals surface area contributed by atoms with Gasteiger partial charge in [-0.1, -0.05) is 127 Å². The van der Waals surface area contributed by atoms with Gasteiger partial charge in [0.05, 0.1) is 11.0 Å². The van der Waals surface area contributed by atoms with Crippen LogP contribution in [0.15, 0.2) is 170 Å². The zero-order valence-corrected chi connectivity index (χ0v) is 27.3. The van der Waals surface area contributed by atoms with Crippen LogP contribution in [0.25, 0.3) is 97.3 Å². The molecular weight excluding hydrogens is 613 g/mol. The summed E-state index contributed by atoms with van der Waals surface area (Å²) in [6.07, 6.45) is 3.61. The van der Waals surface area contributed by atoms with Crippen LogP contribution < -0.4 is 0 Å². The van der Waals surface area contributed by atoms with Crippen LogP contribution in [-0.2, 0) is 0 Å². The molecule has 49 heavy (non-hydrogen) atoms. The number of benzene rings is 8. The van der Waals surface area contributed by atoms with Crippen LogP contribution in [-0.4, -0.2) is 9.97 Å². The predicted molar refractivity (Wildman–Crippen MR) is 209 cm³/mol. The van der Waals surface area contributed by atoms with E-state index < -0.39 is 0 Å². The van der Waals surface area contributed by atoms with Gasteiger partial charge in [0.15, 0.2) is 0 Å². The zero-order chi connectivity index (χ0) is 32.3. The summed E-state index contributed by atoms with van der Waals surface area (Å²) in [5.74, 6) is 0. The summed E-state index contributed by atoms with van der Waals surface area (Å²) in [7, 11) is 0. The molecule has 0 saturated carbocycles. The van der Waals surface area contributed by atoms with Gasteiger partial charge in [0.2, 0.25) is 0 Å². The fourth-order valence-electron chi connectivity index (χ4n) is 7.46. The van der Waals surface area contributed by atoms with Gasteiger partial charge in [0.25, 0.3) is 0 Å². The minimum Gasteiger partial charge on any atom is -0.252 e. The van der Waals surface area contributed by atoms with Gasteiger partial charge in [0, 0.05) is 43.3 Å². The van der Waals surface area contributed by atoms with Crippen LogP contribution in [0.3, 0.4) is 0 Å². The number of nitrogens with zero attached hydrogens (tertiary/aromatic N) is 2. The molecule has 0 aliphatic heterocycles. The summed E-state index contributed by atoms with van der Waals surface area (Å²) in [6.45, 7) is 0. The second-order valence-electron chi connectivity index (χ2n) is 12.6. The maximum Gasteiger partial charge on any atom is 0.0971 e. The van der Waals surface area contributed by atoms with E-state index in [-0.39, 0.29) is 0 Å². The van der Waals surface area contributed by atoms with Crippen LogP contribution >= 0.6 is 11.3 Å². The Morgan fingerprint density at radius 2 is 0.918 bits per heavy atom. The van der Waals surface area contributed by atoms with E-state index in [1.165, 1.54) is 75.5 Å². The van der Waals surface area contributed by atoms with E-state index in [4.69, 9.17) is 9.97 Å². The molecule has 3 heteroatoms. The molecule has 0 fully saturated rings. The highest BCUT2D eigenvalue weighted by molar-refractivity contribution is 7.26. The molecule has 0 amide bonds. The standard InChI is InChI=1S/C46H28N2S/c1-3-11-29(12-4-1)31-21-22-36-40(26-31)41-27-38(30-13-5-2-6-14-30)39(28-42(41)45-44(36)47-23-24-48-45)33-16-9-15-32(25-33)34-18-10-19-37-35-17-7-8-20-43(35)49-46(34)37/h1-28H. The van der Waals surface area contributed by atoms with E-state index in [1.54, 1.807) is 6.20 Å². The van der Waals surface area contributed by atoms with E-state index >= 15 is 0 Å². The van der Waals surface area contributed by atoms with Gasteiger partial charge in [0.1, 0.15) is 0 Å². The summed E-state index contributed by atoms with van der Waals surface area (Å²) in [5, 5.41) is 7.20. The number of hydrogen-bond donors (Lipinski definition) is 0. The molecule has 228 valence electrons. The molecule has 2 nitrogen and oxygen atoms in total. The van der Waals surface area contributed by atoms with Gasteiger partial charge < -0.3 is 0 Å². The van der Waals surface area contributed by atoms with Crippen molar-refractivity contribution in [1.82, 2.24) is 9.97 Å². The number of aromatic nitrogens is 2. The number of hydrogen-bond acceptors (Lipinski definition) is 3. The van der Waals surface area contributed by atoms with Crippen molar-refractivity contribution < 1.29 is 0 Å². The van der Waals surface area contributed by atoms with Crippen LogP contribution in [0.1, 0.15) is 0 Å². The van der Waals surface area contributed by atoms with Crippen molar-refractivity contribution in [3.8, 4) is 44.5 Å². The van der Waals surface area contributed by atoms with Crippen molar-refractivity contribution in [3.63, 3.8) is 0 Å². The average molecular weight is 641 g/mol. The molecular formula is C46H28N2S. The zero-order valence-electron chi connectivity index (χ0n) is 26.5. The maximum atomic E-state index is 4.94. The normalized spacial score (nSPS) is 11.7. The van der Waals surface area contributed by atoms with Crippen molar-refractivity contribution in [2.45, 2.75) is 0 Å². The highest BCUT2D eigenvalue weighted by Crippen LogP contribution is 2.44. The quantitative estimate of drug-likeness (QED) is 0.179. The molecule has 8 aromatic carbocycles. The molecule has 0 bridgehead atoms. The largest absolute Gasteiger partial charge is 0.252 e. The Hall–Kier alpha value is -6.16. The van der Waals surface area contributed by atoms with Gasteiger partial charge in [-0.2, -0.15) is 0 Å². The van der Waals surface area contributed by atoms with Gasteiger partial charge in [-0.15, -0.1) is 11.3 Å². The van der Waals surface area contributed by atoms with Crippen LogP contribution in [0.4, 0.5) is 0 Å². The fraction of sp³-hybridized carbons (Fsp3) is 0. The molecule has 10 rings (SSSR count). The Balaban J connectivity index is 1.26. The first-order chi connectivity index (χ1) is 24.3. The predicted octanol–water partition coefficient (Wildman–Crippen LogP) is 13.0. The summed E-state index contributed by atoms with van der Waals surface area (Å²) < 4.78 is 2.64. The lowest BCUT2D eigenvalue weighted by molar-refractivity contribution is 1.31. The van der Waals surface area contributed by atoms with Gasteiger partial charge in [-0.3, -0.25) is 9.97 Å². The van der Waals surface area contributed by atoms with Gasteiger partial charge in [-0.05, 0) is 85.6 Å². The Kier molecular flexibility index (Phi) is 6.39. The number of fused-ring (bicyclic) bond motifs is 9. The van der Waals surface area contributed by atoms with Gasteiger partial charge in [-0.25, -0.2) is 0 Å². The lowest BCUT2D eigenvalue weighted by Gasteiger charge is -2.17. The lowest BCUT2D eigenvalue weighted by atomic mass is 9.87. The molecule has 0 radical (unpaired) electrons.